The van der Waals surface area contributed by atoms with Crippen LogP contribution in [0.4, 0.5) is 0 Å². The first-order valence-corrected chi connectivity index (χ1v) is 9.00. The molecule has 0 bridgehead atoms. The first kappa shape index (κ1) is 15.2. The topological polar surface area (TPSA) is 38.7 Å². The molecule has 2 heterocycles. The van der Waals surface area contributed by atoms with Crippen molar-refractivity contribution in [3.05, 3.63) is 29.8 Å². The van der Waals surface area contributed by atoms with Crippen molar-refractivity contribution in [2.45, 2.75) is 37.9 Å². The average Bonchev–Trinajstić information content (AvgIpc) is 2.95. The number of hydrogen-bond acceptors (Lipinski definition) is 4. The molecule has 3 unspecified atom stereocenters. The maximum Gasteiger partial charge on any atom is 0.119 e. The van der Waals surface area contributed by atoms with Crippen molar-refractivity contribution in [3.63, 3.8) is 0 Å². The van der Waals surface area contributed by atoms with E-state index >= 15 is 0 Å². The Labute approximate surface area is 131 Å². The van der Waals surface area contributed by atoms with Gasteiger partial charge in [-0.2, -0.15) is 11.8 Å². The van der Waals surface area contributed by atoms with Crippen LogP contribution in [0.15, 0.2) is 24.3 Å². The van der Waals surface area contributed by atoms with Crippen LogP contribution in [0.2, 0.25) is 0 Å². The van der Waals surface area contributed by atoms with E-state index in [2.05, 4.69) is 0 Å². The van der Waals surface area contributed by atoms with Gasteiger partial charge in [0.15, 0.2) is 0 Å². The normalized spacial score (nSPS) is 30.5. The quantitative estimate of drug-likeness (QED) is 0.925. The maximum atomic E-state index is 10.8. The monoisotopic (exact) mass is 308 g/mol. The minimum atomic E-state index is -0.420. The Morgan fingerprint density at radius 1 is 1.52 bits per heavy atom. The van der Waals surface area contributed by atoms with Gasteiger partial charge in [0.2, 0.25) is 0 Å². The van der Waals surface area contributed by atoms with Crippen LogP contribution in [0.5, 0.6) is 5.75 Å². The van der Waals surface area contributed by atoms with Gasteiger partial charge >= 0.3 is 0 Å². The zero-order valence-corrected chi connectivity index (χ0v) is 13.4. The summed E-state index contributed by atoms with van der Waals surface area (Å²) in [6.45, 7) is 3.40. The Hall–Kier alpha value is -0.710. The number of ether oxygens (including phenoxy) is 2. The standard InChI is InChI=1S/C17H24O3S/c1-2-19-15-5-3-4-13(10-15)16(18)14-6-8-20-17(11-14)7-9-21-12-17/h3-5,10,14,16,18H,2,6-9,11-12H2,1H3. The predicted octanol–water partition coefficient (Wildman–Crippen LogP) is 3.42. The molecule has 2 aliphatic rings. The minimum Gasteiger partial charge on any atom is -0.494 e. The third kappa shape index (κ3) is 3.38. The summed E-state index contributed by atoms with van der Waals surface area (Å²) in [5.41, 5.74) is 0.986. The van der Waals surface area contributed by atoms with Crippen LogP contribution in [0.1, 0.15) is 37.9 Å². The molecule has 1 aromatic carbocycles. The van der Waals surface area contributed by atoms with Crippen molar-refractivity contribution in [2.24, 2.45) is 5.92 Å². The molecule has 1 N–H and O–H groups in total. The molecule has 0 saturated carbocycles. The van der Waals surface area contributed by atoms with E-state index in [1.165, 1.54) is 5.75 Å². The third-order valence-electron chi connectivity index (χ3n) is 4.56. The number of thioether (sulfide) groups is 1. The number of benzene rings is 1. The summed E-state index contributed by atoms with van der Waals surface area (Å²) in [7, 11) is 0. The van der Waals surface area contributed by atoms with Gasteiger partial charge in [0.25, 0.3) is 0 Å². The Morgan fingerprint density at radius 3 is 3.19 bits per heavy atom. The Bertz CT molecular complexity index is 471. The highest BCUT2D eigenvalue weighted by Crippen LogP contribution is 2.44. The van der Waals surface area contributed by atoms with Crippen LogP contribution in [-0.4, -0.2) is 35.4 Å². The van der Waals surface area contributed by atoms with Crippen molar-refractivity contribution < 1.29 is 14.6 Å². The molecule has 0 radical (unpaired) electrons. The van der Waals surface area contributed by atoms with Crippen molar-refractivity contribution in [1.29, 1.82) is 0 Å². The summed E-state index contributed by atoms with van der Waals surface area (Å²) in [5.74, 6) is 3.39. The summed E-state index contributed by atoms with van der Waals surface area (Å²) >= 11 is 1.97. The zero-order chi connectivity index (χ0) is 14.7. The molecule has 3 rings (SSSR count). The zero-order valence-electron chi connectivity index (χ0n) is 12.6. The molecule has 2 saturated heterocycles. The highest BCUT2D eigenvalue weighted by atomic mass is 32.2. The van der Waals surface area contributed by atoms with E-state index in [4.69, 9.17) is 9.47 Å². The molecule has 0 amide bonds. The van der Waals surface area contributed by atoms with Gasteiger partial charge in [-0.15, -0.1) is 0 Å². The average molecular weight is 308 g/mol. The van der Waals surface area contributed by atoms with Crippen molar-refractivity contribution >= 4 is 11.8 Å². The van der Waals surface area contributed by atoms with Crippen LogP contribution in [0.3, 0.4) is 0 Å². The van der Waals surface area contributed by atoms with Gasteiger partial charge < -0.3 is 14.6 Å². The summed E-state index contributed by atoms with van der Waals surface area (Å²) in [6.07, 6.45) is 2.61. The number of aliphatic hydroxyl groups excluding tert-OH is 1. The van der Waals surface area contributed by atoms with Crippen molar-refractivity contribution in [1.82, 2.24) is 0 Å². The molecule has 0 aliphatic carbocycles. The van der Waals surface area contributed by atoms with E-state index in [0.717, 1.165) is 42.9 Å². The molecule has 2 aliphatic heterocycles. The number of hydrogen-bond donors (Lipinski definition) is 1. The number of aliphatic hydroxyl groups is 1. The minimum absolute atomic E-state index is 0.0199. The first-order valence-electron chi connectivity index (χ1n) is 7.85. The molecule has 116 valence electrons. The third-order valence-corrected chi connectivity index (χ3v) is 5.78. The van der Waals surface area contributed by atoms with Crippen molar-refractivity contribution in [2.75, 3.05) is 24.7 Å². The second-order valence-corrected chi connectivity index (χ2v) is 7.14. The Kier molecular flexibility index (Phi) is 4.77. The second kappa shape index (κ2) is 6.59. The van der Waals surface area contributed by atoms with Gasteiger partial charge in [-0.3, -0.25) is 0 Å². The van der Waals surface area contributed by atoms with Crippen LogP contribution in [0.25, 0.3) is 0 Å². The van der Waals surface area contributed by atoms with Crippen molar-refractivity contribution in [3.8, 4) is 5.75 Å². The Balaban J connectivity index is 1.72. The van der Waals surface area contributed by atoms with E-state index in [0.29, 0.717) is 6.61 Å². The Morgan fingerprint density at radius 2 is 2.43 bits per heavy atom. The van der Waals surface area contributed by atoms with Gasteiger partial charge in [0.1, 0.15) is 5.75 Å². The molecule has 3 atom stereocenters. The maximum absolute atomic E-state index is 10.8. The highest BCUT2D eigenvalue weighted by Gasteiger charge is 2.42. The second-order valence-electron chi connectivity index (χ2n) is 6.04. The molecule has 1 aromatic rings. The molecule has 4 heteroatoms. The lowest BCUT2D eigenvalue weighted by atomic mass is 9.80. The fraction of sp³-hybridized carbons (Fsp3) is 0.647. The van der Waals surface area contributed by atoms with Gasteiger partial charge in [0.05, 0.1) is 18.3 Å². The van der Waals surface area contributed by atoms with Gasteiger partial charge in [-0.1, -0.05) is 12.1 Å². The van der Waals surface area contributed by atoms with Crippen LogP contribution >= 0.6 is 11.8 Å². The van der Waals surface area contributed by atoms with E-state index in [-0.39, 0.29) is 11.5 Å². The van der Waals surface area contributed by atoms with Gasteiger partial charge in [-0.25, -0.2) is 0 Å². The summed E-state index contributed by atoms with van der Waals surface area (Å²) in [5, 5.41) is 10.8. The highest BCUT2D eigenvalue weighted by molar-refractivity contribution is 7.99. The lowest BCUT2D eigenvalue weighted by molar-refractivity contribution is -0.102. The fourth-order valence-electron chi connectivity index (χ4n) is 3.43. The molecule has 21 heavy (non-hydrogen) atoms. The lowest BCUT2D eigenvalue weighted by Gasteiger charge is -2.39. The van der Waals surface area contributed by atoms with Crippen LogP contribution in [0, 0.1) is 5.92 Å². The van der Waals surface area contributed by atoms with Crippen LogP contribution in [-0.2, 0) is 4.74 Å². The van der Waals surface area contributed by atoms with E-state index in [1.807, 2.05) is 43.0 Å². The number of rotatable bonds is 4. The molecular formula is C17H24O3S. The van der Waals surface area contributed by atoms with Gasteiger partial charge in [-0.05, 0) is 55.6 Å². The van der Waals surface area contributed by atoms with E-state index in [9.17, 15) is 5.11 Å². The SMILES string of the molecule is CCOc1cccc(C(O)C2CCOC3(CCSC3)C2)c1. The van der Waals surface area contributed by atoms with Crippen LogP contribution < -0.4 is 4.74 Å². The van der Waals surface area contributed by atoms with E-state index < -0.39 is 6.10 Å². The fourth-order valence-corrected chi connectivity index (χ4v) is 4.80. The summed E-state index contributed by atoms with van der Waals surface area (Å²) in [6, 6.07) is 7.88. The summed E-state index contributed by atoms with van der Waals surface area (Å²) in [4.78, 5) is 0. The summed E-state index contributed by atoms with van der Waals surface area (Å²) < 4.78 is 11.6. The smallest absolute Gasteiger partial charge is 0.119 e. The largest absolute Gasteiger partial charge is 0.494 e. The molecule has 0 aromatic heterocycles. The molecule has 3 nitrogen and oxygen atoms in total. The molecule has 1 spiro atoms. The van der Waals surface area contributed by atoms with Gasteiger partial charge in [0, 0.05) is 12.4 Å². The lowest BCUT2D eigenvalue weighted by Crippen LogP contribution is -2.41. The predicted molar refractivity (Wildman–Crippen MR) is 85.9 cm³/mol. The van der Waals surface area contributed by atoms with E-state index in [1.54, 1.807) is 0 Å². The molecular weight excluding hydrogens is 284 g/mol. The molecule has 2 fully saturated rings. The first-order chi connectivity index (χ1) is 10.2.